The van der Waals surface area contributed by atoms with Crippen molar-refractivity contribution in [2.75, 3.05) is 0 Å². The van der Waals surface area contributed by atoms with Crippen LogP contribution in [0.3, 0.4) is 0 Å². The van der Waals surface area contributed by atoms with Crippen LogP contribution in [0.25, 0.3) is 0 Å². The molecule has 0 aliphatic heterocycles. The van der Waals surface area contributed by atoms with Gasteiger partial charge >= 0.3 is 0 Å². The van der Waals surface area contributed by atoms with E-state index in [2.05, 4.69) is 19.2 Å². The van der Waals surface area contributed by atoms with E-state index in [0.29, 0.717) is 23.4 Å². The van der Waals surface area contributed by atoms with Crippen LogP contribution in [0.1, 0.15) is 51.0 Å². The van der Waals surface area contributed by atoms with Crippen LogP contribution in [-0.4, -0.2) is 11.9 Å². The van der Waals surface area contributed by atoms with Crippen LogP contribution < -0.4 is 5.32 Å². The largest absolute Gasteiger partial charge is 0.353 e. The zero-order valence-electron chi connectivity index (χ0n) is 12.8. The number of hydrogen-bond acceptors (Lipinski definition) is 1. The first-order valence-electron chi connectivity index (χ1n) is 8.12. The maximum absolute atomic E-state index is 13.8. The third kappa shape index (κ3) is 2.97. The Morgan fingerprint density at radius 1 is 1.24 bits per heavy atom. The van der Waals surface area contributed by atoms with Gasteiger partial charge < -0.3 is 5.32 Å². The number of halogens is 1. The van der Waals surface area contributed by atoms with Gasteiger partial charge in [-0.05, 0) is 42.2 Å². The molecule has 2 aliphatic rings. The SMILES string of the molecule is CC1CCCC(NC(=O)C2CC2c2ccccc2F)C1C. The smallest absolute Gasteiger partial charge is 0.223 e. The lowest BCUT2D eigenvalue weighted by molar-refractivity contribution is -0.123. The van der Waals surface area contributed by atoms with E-state index in [0.717, 1.165) is 12.8 Å². The topological polar surface area (TPSA) is 29.1 Å². The number of carbonyl (C=O) groups is 1. The molecule has 2 fully saturated rings. The van der Waals surface area contributed by atoms with Crippen LogP contribution >= 0.6 is 0 Å². The second-order valence-electron chi connectivity index (χ2n) is 6.85. The van der Waals surface area contributed by atoms with E-state index >= 15 is 0 Å². The quantitative estimate of drug-likeness (QED) is 0.899. The standard InChI is InChI=1S/C18H24FNO/c1-11-6-5-9-17(12(11)2)20-18(21)15-10-14(15)13-7-3-4-8-16(13)19/h3-4,7-8,11-12,14-15,17H,5-6,9-10H2,1-2H3,(H,20,21). The van der Waals surface area contributed by atoms with Crippen LogP contribution in [0.2, 0.25) is 0 Å². The first-order valence-corrected chi connectivity index (χ1v) is 8.12. The fourth-order valence-corrected chi connectivity index (χ4v) is 3.68. The number of benzene rings is 1. The Labute approximate surface area is 126 Å². The van der Waals surface area contributed by atoms with Crippen LogP contribution in [0.4, 0.5) is 4.39 Å². The summed E-state index contributed by atoms with van der Waals surface area (Å²) < 4.78 is 13.8. The molecule has 0 saturated heterocycles. The fourth-order valence-electron chi connectivity index (χ4n) is 3.68. The predicted molar refractivity (Wildman–Crippen MR) is 81.4 cm³/mol. The van der Waals surface area contributed by atoms with Crippen molar-refractivity contribution in [3.05, 3.63) is 35.6 Å². The molecule has 2 nitrogen and oxygen atoms in total. The van der Waals surface area contributed by atoms with E-state index in [1.165, 1.54) is 18.9 Å². The van der Waals surface area contributed by atoms with Crippen LogP contribution in [0.15, 0.2) is 24.3 Å². The lowest BCUT2D eigenvalue weighted by Gasteiger charge is -2.34. The van der Waals surface area contributed by atoms with Gasteiger partial charge in [0.25, 0.3) is 0 Å². The van der Waals surface area contributed by atoms with Crippen molar-refractivity contribution in [3.8, 4) is 0 Å². The summed E-state index contributed by atoms with van der Waals surface area (Å²) in [7, 11) is 0. The third-order valence-corrected chi connectivity index (χ3v) is 5.47. The number of nitrogens with one attached hydrogen (secondary N) is 1. The summed E-state index contributed by atoms with van der Waals surface area (Å²) in [5.74, 6) is 1.18. The second kappa shape index (κ2) is 5.78. The summed E-state index contributed by atoms with van der Waals surface area (Å²) in [6, 6.07) is 7.12. The highest BCUT2D eigenvalue weighted by Crippen LogP contribution is 2.48. The highest BCUT2D eigenvalue weighted by atomic mass is 19.1. The molecule has 21 heavy (non-hydrogen) atoms. The molecule has 0 radical (unpaired) electrons. The Morgan fingerprint density at radius 2 is 2.00 bits per heavy atom. The Kier molecular flexibility index (Phi) is 4.01. The summed E-state index contributed by atoms with van der Waals surface area (Å²) >= 11 is 0. The molecule has 1 N–H and O–H groups in total. The Morgan fingerprint density at radius 3 is 2.76 bits per heavy atom. The number of rotatable bonds is 3. The van der Waals surface area contributed by atoms with Crippen molar-refractivity contribution < 1.29 is 9.18 Å². The Balaban J connectivity index is 1.59. The lowest BCUT2D eigenvalue weighted by Crippen LogP contribution is -2.44. The summed E-state index contributed by atoms with van der Waals surface area (Å²) in [6.07, 6.45) is 4.31. The van der Waals surface area contributed by atoms with Crippen LogP contribution in [0.5, 0.6) is 0 Å². The Hall–Kier alpha value is -1.38. The normalized spacial score (nSPS) is 35.3. The molecule has 0 aromatic heterocycles. The number of carbonyl (C=O) groups excluding carboxylic acids is 1. The molecule has 114 valence electrons. The molecule has 1 aromatic carbocycles. The highest BCUT2D eigenvalue weighted by Gasteiger charge is 2.46. The number of hydrogen-bond donors (Lipinski definition) is 1. The van der Waals surface area contributed by atoms with Gasteiger partial charge in [-0.1, -0.05) is 44.9 Å². The fraction of sp³-hybridized carbons (Fsp3) is 0.611. The average molecular weight is 289 g/mol. The second-order valence-corrected chi connectivity index (χ2v) is 6.85. The van der Waals surface area contributed by atoms with E-state index in [1.54, 1.807) is 12.1 Å². The van der Waals surface area contributed by atoms with E-state index in [-0.39, 0.29) is 23.6 Å². The first-order chi connectivity index (χ1) is 10.1. The summed E-state index contributed by atoms with van der Waals surface area (Å²) in [5, 5.41) is 3.22. The minimum Gasteiger partial charge on any atom is -0.353 e. The van der Waals surface area contributed by atoms with Crippen molar-refractivity contribution >= 4 is 5.91 Å². The van der Waals surface area contributed by atoms with Gasteiger partial charge in [0.05, 0.1) is 0 Å². The maximum atomic E-state index is 13.8. The summed E-state index contributed by atoms with van der Waals surface area (Å²) in [4.78, 5) is 12.4. The molecule has 3 rings (SSSR count). The first kappa shape index (κ1) is 14.6. The number of amides is 1. The van der Waals surface area contributed by atoms with Gasteiger partial charge in [0.1, 0.15) is 5.82 Å². The van der Waals surface area contributed by atoms with Crippen molar-refractivity contribution in [2.24, 2.45) is 17.8 Å². The van der Waals surface area contributed by atoms with Crippen LogP contribution in [-0.2, 0) is 4.79 Å². The predicted octanol–water partition coefficient (Wildman–Crippen LogP) is 3.87. The van der Waals surface area contributed by atoms with Crippen molar-refractivity contribution in [1.82, 2.24) is 5.32 Å². The van der Waals surface area contributed by atoms with Crippen molar-refractivity contribution in [2.45, 2.75) is 51.5 Å². The van der Waals surface area contributed by atoms with Crippen LogP contribution in [0, 0.1) is 23.6 Å². The van der Waals surface area contributed by atoms with Gasteiger partial charge in [-0.15, -0.1) is 0 Å². The van der Waals surface area contributed by atoms with E-state index < -0.39 is 0 Å². The van der Waals surface area contributed by atoms with Gasteiger partial charge in [-0.3, -0.25) is 4.79 Å². The molecule has 5 unspecified atom stereocenters. The zero-order valence-corrected chi connectivity index (χ0v) is 12.8. The third-order valence-electron chi connectivity index (χ3n) is 5.47. The lowest BCUT2D eigenvalue weighted by atomic mass is 9.78. The molecule has 1 amide bonds. The molecule has 1 aromatic rings. The van der Waals surface area contributed by atoms with E-state index in [9.17, 15) is 9.18 Å². The molecular formula is C18H24FNO. The molecule has 0 spiro atoms. The molecular weight excluding hydrogens is 265 g/mol. The zero-order chi connectivity index (χ0) is 15.0. The monoisotopic (exact) mass is 289 g/mol. The van der Waals surface area contributed by atoms with Gasteiger partial charge in [-0.25, -0.2) is 4.39 Å². The van der Waals surface area contributed by atoms with E-state index in [4.69, 9.17) is 0 Å². The minimum atomic E-state index is -0.183. The maximum Gasteiger partial charge on any atom is 0.223 e. The van der Waals surface area contributed by atoms with Crippen molar-refractivity contribution in [1.29, 1.82) is 0 Å². The van der Waals surface area contributed by atoms with Gasteiger partial charge in [-0.2, -0.15) is 0 Å². The highest BCUT2D eigenvalue weighted by molar-refractivity contribution is 5.83. The van der Waals surface area contributed by atoms with Gasteiger partial charge in [0.2, 0.25) is 5.91 Å². The molecule has 2 saturated carbocycles. The average Bonchev–Trinajstić information content (AvgIpc) is 3.25. The summed E-state index contributed by atoms with van der Waals surface area (Å²) in [6.45, 7) is 4.50. The minimum absolute atomic E-state index is 0.0358. The Bertz CT molecular complexity index is 530. The molecule has 5 atom stereocenters. The molecule has 0 heterocycles. The molecule has 3 heteroatoms. The van der Waals surface area contributed by atoms with Gasteiger partial charge in [0, 0.05) is 12.0 Å². The van der Waals surface area contributed by atoms with E-state index in [1.807, 2.05) is 6.07 Å². The summed E-state index contributed by atoms with van der Waals surface area (Å²) in [5.41, 5.74) is 0.697. The molecule has 0 bridgehead atoms. The van der Waals surface area contributed by atoms with Gasteiger partial charge in [0.15, 0.2) is 0 Å². The molecule has 2 aliphatic carbocycles. The van der Waals surface area contributed by atoms with Crippen molar-refractivity contribution in [3.63, 3.8) is 0 Å².